The van der Waals surface area contributed by atoms with Gasteiger partial charge in [-0.25, -0.2) is 10.3 Å². The third kappa shape index (κ3) is 5.16. The van der Waals surface area contributed by atoms with E-state index in [2.05, 4.69) is 0 Å². The van der Waals surface area contributed by atoms with E-state index in [1.54, 1.807) is 6.92 Å². The van der Waals surface area contributed by atoms with Gasteiger partial charge in [-0.3, -0.25) is 13.7 Å². The number of benzene rings is 3. The van der Waals surface area contributed by atoms with Gasteiger partial charge in [0.05, 0.1) is 20.4 Å². The van der Waals surface area contributed by atoms with Crippen molar-refractivity contribution >= 4 is 56.8 Å². The number of sulfonamides is 1. The first-order valence-corrected chi connectivity index (χ1v) is 14.9. The third-order valence-corrected chi connectivity index (χ3v) is 9.19. The molecule has 0 amide bonds. The van der Waals surface area contributed by atoms with Gasteiger partial charge in [-0.15, -0.1) is 0 Å². The molecule has 0 saturated carbocycles. The van der Waals surface area contributed by atoms with Crippen molar-refractivity contribution in [3.8, 4) is 0 Å². The summed E-state index contributed by atoms with van der Waals surface area (Å²) in [6.07, 6.45) is 0. The SMILES string of the molecule is Cc1ccc(S(=O)(=O)N(N)c2cc(S(=O)(=O)O)cc3cc(S(=O)(=O)O)cc(S(=O)(=O)O)c23)c(C)c1. The molecule has 35 heavy (non-hydrogen) atoms. The van der Waals surface area contributed by atoms with Crippen molar-refractivity contribution in [1.82, 2.24) is 0 Å². The summed E-state index contributed by atoms with van der Waals surface area (Å²) in [6.45, 7) is 3.14. The summed E-state index contributed by atoms with van der Waals surface area (Å²) in [7, 11) is -20.2. The van der Waals surface area contributed by atoms with E-state index < -0.39 is 71.5 Å². The largest absolute Gasteiger partial charge is 0.295 e. The van der Waals surface area contributed by atoms with Crippen molar-refractivity contribution in [2.75, 3.05) is 4.41 Å². The van der Waals surface area contributed by atoms with Crippen LogP contribution in [-0.2, 0) is 40.4 Å². The standard InChI is InChI=1S/C18H18N2O11S4/c1-10-3-4-16(11(2)5-10)32(21,22)20(19)15-8-13(33(23,24)25)6-12-7-14(34(26,27)28)9-17(18(12)15)35(29,30)31/h3-9H,19H2,1-2H3,(H,23,24,25)(H,26,27,28)(H,29,30,31). The van der Waals surface area contributed by atoms with E-state index in [0.29, 0.717) is 29.8 Å². The first kappa shape index (κ1) is 27.0. The summed E-state index contributed by atoms with van der Waals surface area (Å²) in [5, 5.41) is -1.31. The molecule has 13 nitrogen and oxygen atoms in total. The Morgan fingerprint density at radius 2 is 1.20 bits per heavy atom. The predicted molar refractivity (Wildman–Crippen MR) is 123 cm³/mol. The topological polar surface area (TPSA) is 227 Å². The second-order valence-electron chi connectivity index (χ2n) is 7.46. The number of aryl methyl sites for hydroxylation is 2. The lowest BCUT2D eigenvalue weighted by atomic mass is 10.1. The Balaban J connectivity index is 2.55. The summed E-state index contributed by atoms with van der Waals surface area (Å²) in [4.78, 5) is -3.60. The van der Waals surface area contributed by atoms with Gasteiger partial charge in [-0.2, -0.15) is 33.7 Å². The Labute approximate surface area is 201 Å². The molecule has 3 aromatic carbocycles. The molecular weight excluding hydrogens is 548 g/mol. The summed E-state index contributed by atoms with van der Waals surface area (Å²) in [6, 6.07) is 6.23. The molecule has 3 rings (SSSR count). The lowest BCUT2D eigenvalue weighted by molar-refractivity contribution is 0.480. The van der Waals surface area contributed by atoms with Crippen LogP contribution >= 0.6 is 0 Å². The molecule has 0 spiro atoms. The maximum atomic E-state index is 13.3. The zero-order chi connectivity index (χ0) is 26.7. The minimum Gasteiger partial charge on any atom is -0.282 e. The van der Waals surface area contributed by atoms with Gasteiger partial charge >= 0.3 is 0 Å². The zero-order valence-electron chi connectivity index (χ0n) is 17.8. The maximum absolute atomic E-state index is 13.3. The highest BCUT2D eigenvalue weighted by molar-refractivity contribution is 7.92. The molecule has 0 unspecified atom stereocenters. The molecule has 0 saturated heterocycles. The van der Waals surface area contributed by atoms with Crippen molar-refractivity contribution in [3.63, 3.8) is 0 Å². The van der Waals surface area contributed by atoms with Gasteiger partial charge in [-0.1, -0.05) is 17.7 Å². The van der Waals surface area contributed by atoms with Gasteiger partial charge in [-0.05, 0) is 55.1 Å². The van der Waals surface area contributed by atoms with Crippen LogP contribution in [0.4, 0.5) is 5.69 Å². The lowest BCUT2D eigenvalue weighted by Crippen LogP contribution is -2.38. The Kier molecular flexibility index (Phi) is 6.54. The highest BCUT2D eigenvalue weighted by Crippen LogP contribution is 2.38. The molecule has 0 bridgehead atoms. The zero-order valence-corrected chi connectivity index (χ0v) is 21.1. The van der Waals surface area contributed by atoms with Gasteiger partial charge in [0.1, 0.15) is 4.90 Å². The molecule has 0 fully saturated rings. The van der Waals surface area contributed by atoms with E-state index in [4.69, 9.17) is 5.84 Å². The van der Waals surface area contributed by atoms with Crippen molar-refractivity contribution in [2.45, 2.75) is 33.4 Å². The van der Waals surface area contributed by atoms with E-state index in [1.165, 1.54) is 25.1 Å². The molecule has 3 aromatic rings. The van der Waals surface area contributed by atoms with E-state index in [0.717, 1.165) is 0 Å². The number of fused-ring (bicyclic) bond motifs is 1. The number of anilines is 1. The Morgan fingerprint density at radius 3 is 1.66 bits per heavy atom. The van der Waals surface area contributed by atoms with Crippen LogP contribution in [0.1, 0.15) is 11.1 Å². The fourth-order valence-electron chi connectivity index (χ4n) is 3.40. The first-order chi connectivity index (χ1) is 15.7. The molecule has 0 aliphatic rings. The second kappa shape index (κ2) is 8.49. The number of nitrogens with two attached hydrogens (primary N) is 1. The molecule has 17 heteroatoms. The average Bonchev–Trinajstić information content (AvgIpc) is 2.69. The Hall–Kier alpha value is -2.64. The first-order valence-electron chi connectivity index (χ1n) is 9.16. The van der Waals surface area contributed by atoms with Crippen LogP contribution in [-0.4, -0.2) is 47.3 Å². The number of nitrogens with zero attached hydrogens (tertiary/aromatic N) is 1. The summed E-state index contributed by atoms with van der Waals surface area (Å²) in [5.74, 6) is 5.85. The highest BCUT2D eigenvalue weighted by Gasteiger charge is 2.31. The Bertz CT molecular complexity index is 1810. The normalized spacial score (nSPS) is 13.2. The van der Waals surface area contributed by atoms with Crippen molar-refractivity contribution < 1.29 is 47.3 Å². The summed E-state index contributed by atoms with van der Waals surface area (Å²) < 4.78 is 126. The van der Waals surface area contributed by atoms with Gasteiger partial charge in [0.15, 0.2) is 0 Å². The van der Waals surface area contributed by atoms with Crippen LogP contribution in [0.2, 0.25) is 0 Å². The quantitative estimate of drug-likeness (QED) is 0.188. The lowest BCUT2D eigenvalue weighted by Gasteiger charge is -2.23. The molecule has 0 radical (unpaired) electrons. The van der Waals surface area contributed by atoms with Crippen molar-refractivity contribution in [3.05, 3.63) is 53.6 Å². The van der Waals surface area contributed by atoms with Crippen LogP contribution in [0, 0.1) is 13.8 Å². The molecule has 0 aliphatic carbocycles. The van der Waals surface area contributed by atoms with Gasteiger partial charge in [0.2, 0.25) is 0 Å². The molecule has 190 valence electrons. The number of hydrogen-bond acceptors (Lipinski definition) is 9. The average molecular weight is 567 g/mol. The van der Waals surface area contributed by atoms with Gasteiger partial charge in [0.25, 0.3) is 40.4 Å². The summed E-state index contributed by atoms with van der Waals surface area (Å²) >= 11 is 0. The highest BCUT2D eigenvalue weighted by atomic mass is 32.2. The van der Waals surface area contributed by atoms with E-state index in [1.807, 2.05) is 0 Å². The number of hydrazine groups is 1. The Morgan fingerprint density at radius 1 is 0.686 bits per heavy atom. The van der Waals surface area contributed by atoms with Crippen LogP contribution in [0.25, 0.3) is 10.8 Å². The van der Waals surface area contributed by atoms with Crippen LogP contribution in [0.5, 0.6) is 0 Å². The van der Waals surface area contributed by atoms with E-state index >= 15 is 0 Å². The van der Waals surface area contributed by atoms with Crippen molar-refractivity contribution in [2.24, 2.45) is 5.84 Å². The van der Waals surface area contributed by atoms with Crippen LogP contribution in [0.15, 0.2) is 62.0 Å². The monoisotopic (exact) mass is 566 g/mol. The molecular formula is C18H18N2O11S4. The third-order valence-electron chi connectivity index (χ3n) is 4.92. The predicted octanol–water partition coefficient (Wildman–Crippen LogP) is 1.27. The number of rotatable bonds is 6. The molecule has 0 aliphatic heterocycles. The fraction of sp³-hybridized carbons (Fsp3) is 0.111. The van der Waals surface area contributed by atoms with Crippen LogP contribution in [0.3, 0.4) is 0 Å². The second-order valence-corrected chi connectivity index (χ2v) is 13.5. The summed E-state index contributed by atoms with van der Waals surface area (Å²) in [5.41, 5.74) is 0.0965. The van der Waals surface area contributed by atoms with Gasteiger partial charge in [0, 0.05) is 5.39 Å². The molecule has 5 N–H and O–H groups in total. The minimum absolute atomic E-state index is 0.0312. The van der Waals surface area contributed by atoms with Crippen molar-refractivity contribution in [1.29, 1.82) is 0 Å². The fourth-order valence-corrected chi connectivity index (χ4v) is 6.63. The van der Waals surface area contributed by atoms with E-state index in [-0.39, 0.29) is 14.9 Å². The van der Waals surface area contributed by atoms with Gasteiger partial charge < -0.3 is 0 Å². The smallest absolute Gasteiger partial charge is 0.282 e. The van der Waals surface area contributed by atoms with Crippen LogP contribution < -0.4 is 10.3 Å². The maximum Gasteiger partial charge on any atom is 0.295 e. The molecule has 0 aromatic heterocycles. The van der Waals surface area contributed by atoms with E-state index in [9.17, 15) is 47.3 Å². The number of hydrogen-bond donors (Lipinski definition) is 4. The molecule has 0 atom stereocenters. The molecule has 0 heterocycles. The minimum atomic E-state index is -5.31.